The summed E-state index contributed by atoms with van der Waals surface area (Å²) in [5.41, 5.74) is 0.413. The number of thiophene rings is 1. The largest absolute Gasteiger partial charge is 0.385 e. The summed E-state index contributed by atoms with van der Waals surface area (Å²) in [6.45, 7) is 6.13. The Morgan fingerprint density at radius 1 is 1.40 bits per heavy atom. The van der Waals surface area contributed by atoms with E-state index in [0.29, 0.717) is 12.8 Å². The molecule has 1 aliphatic rings. The van der Waals surface area contributed by atoms with Crippen molar-refractivity contribution < 1.29 is 9.84 Å². The second-order valence-electron chi connectivity index (χ2n) is 4.59. The lowest BCUT2D eigenvalue weighted by atomic mass is 9.82. The lowest BCUT2D eigenvalue weighted by Gasteiger charge is -2.39. The summed E-state index contributed by atoms with van der Waals surface area (Å²) in [6, 6.07) is 2.05. The van der Waals surface area contributed by atoms with Crippen molar-refractivity contribution in [2.24, 2.45) is 0 Å². The first-order valence-corrected chi connectivity index (χ1v) is 6.31. The van der Waals surface area contributed by atoms with Crippen LogP contribution in [0, 0.1) is 6.92 Å². The van der Waals surface area contributed by atoms with Crippen LogP contribution in [-0.4, -0.2) is 17.3 Å². The van der Waals surface area contributed by atoms with Crippen molar-refractivity contribution in [3.63, 3.8) is 0 Å². The number of ether oxygens (including phenoxy) is 1. The molecule has 3 heteroatoms. The molecule has 2 unspecified atom stereocenters. The Labute approximate surface area is 94.9 Å². The molecule has 2 nitrogen and oxygen atoms in total. The van der Waals surface area contributed by atoms with Gasteiger partial charge in [0.15, 0.2) is 0 Å². The maximum absolute atomic E-state index is 10.7. The van der Waals surface area contributed by atoms with Gasteiger partial charge in [0.25, 0.3) is 0 Å². The highest BCUT2D eigenvalue weighted by molar-refractivity contribution is 7.10. The molecular formula is C12H18O2S. The van der Waals surface area contributed by atoms with Gasteiger partial charge >= 0.3 is 0 Å². The molecule has 84 valence electrons. The van der Waals surface area contributed by atoms with Gasteiger partial charge in [0.05, 0.1) is 17.8 Å². The Bertz CT molecular complexity index is 335. The van der Waals surface area contributed by atoms with Crippen molar-refractivity contribution in [3.05, 3.63) is 21.9 Å². The topological polar surface area (TPSA) is 29.5 Å². The number of aryl methyl sites for hydroxylation is 1. The maximum atomic E-state index is 10.7. The van der Waals surface area contributed by atoms with Crippen LogP contribution in [0.4, 0.5) is 0 Å². The average Bonchev–Trinajstić information content (AvgIpc) is 2.48. The van der Waals surface area contributed by atoms with E-state index in [1.807, 2.05) is 25.3 Å². The Balaban J connectivity index is 2.29. The monoisotopic (exact) mass is 226 g/mol. The molecule has 1 fully saturated rings. The van der Waals surface area contributed by atoms with Crippen LogP contribution < -0.4 is 0 Å². The first-order valence-electron chi connectivity index (χ1n) is 5.44. The highest BCUT2D eigenvalue weighted by atomic mass is 32.1. The van der Waals surface area contributed by atoms with E-state index in [0.717, 1.165) is 5.56 Å². The van der Waals surface area contributed by atoms with Gasteiger partial charge in [-0.05, 0) is 37.8 Å². The molecule has 0 aromatic carbocycles. The molecule has 1 aromatic rings. The molecule has 0 aliphatic carbocycles. The molecule has 1 aliphatic heterocycles. The van der Waals surface area contributed by atoms with E-state index in [-0.39, 0.29) is 12.2 Å². The Morgan fingerprint density at radius 3 is 2.47 bits per heavy atom. The van der Waals surface area contributed by atoms with E-state index in [4.69, 9.17) is 4.74 Å². The fraction of sp³-hybridized carbons (Fsp3) is 0.667. The minimum absolute atomic E-state index is 0.137. The maximum Gasteiger partial charge on any atom is 0.0956 e. The second kappa shape index (κ2) is 3.89. The Kier molecular flexibility index (Phi) is 2.88. The van der Waals surface area contributed by atoms with Crippen LogP contribution in [0.1, 0.15) is 37.1 Å². The van der Waals surface area contributed by atoms with Gasteiger partial charge in [0, 0.05) is 17.7 Å². The zero-order valence-electron chi connectivity index (χ0n) is 9.49. The van der Waals surface area contributed by atoms with Crippen LogP contribution in [0.15, 0.2) is 11.4 Å². The van der Waals surface area contributed by atoms with Gasteiger partial charge in [-0.1, -0.05) is 0 Å². The van der Waals surface area contributed by atoms with Crippen LogP contribution >= 0.6 is 11.3 Å². The minimum Gasteiger partial charge on any atom is -0.385 e. The molecule has 2 heterocycles. The van der Waals surface area contributed by atoms with Gasteiger partial charge < -0.3 is 9.84 Å². The van der Waals surface area contributed by atoms with Gasteiger partial charge in [-0.3, -0.25) is 0 Å². The summed E-state index contributed by atoms with van der Waals surface area (Å²) < 4.78 is 5.66. The number of hydrogen-bond acceptors (Lipinski definition) is 3. The molecular weight excluding hydrogens is 208 g/mol. The molecule has 2 atom stereocenters. The van der Waals surface area contributed by atoms with Crippen molar-refractivity contribution >= 4 is 11.3 Å². The molecule has 1 N–H and O–H groups in total. The first kappa shape index (κ1) is 11.1. The molecule has 0 saturated carbocycles. The Hall–Kier alpha value is -0.380. The van der Waals surface area contributed by atoms with Crippen LogP contribution in [0.3, 0.4) is 0 Å². The van der Waals surface area contributed by atoms with Crippen LogP contribution in [-0.2, 0) is 10.3 Å². The van der Waals surface area contributed by atoms with Gasteiger partial charge in [-0.2, -0.15) is 0 Å². The normalized spacial score (nSPS) is 36.8. The third-order valence-corrected chi connectivity index (χ3v) is 3.92. The fourth-order valence-corrected chi connectivity index (χ4v) is 3.41. The summed E-state index contributed by atoms with van der Waals surface area (Å²) >= 11 is 1.70. The second-order valence-corrected chi connectivity index (χ2v) is 5.71. The summed E-state index contributed by atoms with van der Waals surface area (Å²) in [4.78, 5) is 1.22. The lowest BCUT2D eigenvalue weighted by Crippen LogP contribution is -2.41. The van der Waals surface area contributed by atoms with E-state index in [1.54, 1.807) is 11.3 Å². The first-order chi connectivity index (χ1) is 7.01. The van der Waals surface area contributed by atoms with Crippen LogP contribution in [0.5, 0.6) is 0 Å². The van der Waals surface area contributed by atoms with E-state index in [2.05, 4.69) is 6.92 Å². The van der Waals surface area contributed by atoms with Gasteiger partial charge in [0.1, 0.15) is 0 Å². The summed E-state index contributed by atoms with van der Waals surface area (Å²) in [5.74, 6) is 0. The van der Waals surface area contributed by atoms with E-state index >= 15 is 0 Å². The SMILES string of the molecule is Cc1sccc1C1(O)CC(C)OC(C)C1. The van der Waals surface area contributed by atoms with Crippen molar-refractivity contribution in [1.82, 2.24) is 0 Å². The fourth-order valence-electron chi connectivity index (χ4n) is 2.61. The lowest BCUT2D eigenvalue weighted by molar-refractivity contribution is -0.135. The van der Waals surface area contributed by atoms with E-state index in [1.165, 1.54) is 4.88 Å². The molecule has 0 bridgehead atoms. The number of aliphatic hydroxyl groups is 1. The van der Waals surface area contributed by atoms with Gasteiger partial charge in [0.2, 0.25) is 0 Å². The zero-order valence-corrected chi connectivity index (χ0v) is 10.3. The smallest absolute Gasteiger partial charge is 0.0956 e. The Morgan fingerprint density at radius 2 is 2.00 bits per heavy atom. The molecule has 0 amide bonds. The van der Waals surface area contributed by atoms with Crippen molar-refractivity contribution in [2.75, 3.05) is 0 Å². The van der Waals surface area contributed by atoms with Crippen molar-refractivity contribution in [3.8, 4) is 0 Å². The van der Waals surface area contributed by atoms with Crippen molar-refractivity contribution in [2.45, 2.75) is 51.4 Å². The number of rotatable bonds is 1. The summed E-state index contributed by atoms with van der Waals surface area (Å²) in [6.07, 6.45) is 1.68. The summed E-state index contributed by atoms with van der Waals surface area (Å²) in [7, 11) is 0. The predicted molar refractivity (Wildman–Crippen MR) is 62.2 cm³/mol. The average molecular weight is 226 g/mol. The molecule has 0 radical (unpaired) electrons. The molecule has 15 heavy (non-hydrogen) atoms. The predicted octanol–water partition coefficient (Wildman–Crippen LogP) is 2.83. The summed E-state index contributed by atoms with van der Waals surface area (Å²) in [5, 5.41) is 12.7. The number of hydrogen-bond donors (Lipinski definition) is 1. The van der Waals surface area contributed by atoms with Gasteiger partial charge in [-0.15, -0.1) is 11.3 Å². The van der Waals surface area contributed by atoms with Crippen molar-refractivity contribution in [1.29, 1.82) is 0 Å². The molecule has 1 aromatic heterocycles. The molecule has 1 saturated heterocycles. The highest BCUT2D eigenvalue weighted by Gasteiger charge is 2.39. The van der Waals surface area contributed by atoms with Crippen LogP contribution in [0.2, 0.25) is 0 Å². The molecule has 0 spiro atoms. The third kappa shape index (κ3) is 2.10. The highest BCUT2D eigenvalue weighted by Crippen LogP contribution is 2.39. The van der Waals surface area contributed by atoms with Gasteiger partial charge in [-0.25, -0.2) is 0 Å². The van der Waals surface area contributed by atoms with E-state index in [9.17, 15) is 5.11 Å². The standard InChI is InChI=1S/C12H18O2S/c1-8-6-12(13,7-9(2)14-8)11-4-5-15-10(11)3/h4-5,8-9,13H,6-7H2,1-3H3. The zero-order chi connectivity index (χ0) is 11.1. The van der Waals surface area contributed by atoms with E-state index < -0.39 is 5.60 Å². The third-order valence-electron chi connectivity index (χ3n) is 3.08. The quantitative estimate of drug-likeness (QED) is 0.798. The van der Waals surface area contributed by atoms with Crippen LogP contribution in [0.25, 0.3) is 0 Å². The molecule has 2 rings (SSSR count). The minimum atomic E-state index is -0.679.